The van der Waals surface area contributed by atoms with Crippen molar-refractivity contribution < 1.29 is 28.6 Å². The highest BCUT2D eigenvalue weighted by Crippen LogP contribution is 2.47. The average Bonchev–Trinajstić information content (AvgIpc) is 2.97. The maximum atomic E-state index is 14.0. The van der Waals surface area contributed by atoms with Crippen LogP contribution in [0.5, 0.6) is 11.5 Å². The number of cyclic esters (lactones) is 1. The van der Waals surface area contributed by atoms with Gasteiger partial charge in [-0.1, -0.05) is 30.4 Å². The van der Waals surface area contributed by atoms with Crippen molar-refractivity contribution in [1.29, 1.82) is 0 Å². The number of esters is 2. The molecule has 0 fully saturated rings. The van der Waals surface area contributed by atoms with E-state index in [0.29, 0.717) is 61.8 Å². The molecule has 1 aromatic heterocycles. The smallest absolute Gasteiger partial charge is 0.342 e. The Labute approximate surface area is 244 Å². The number of carbonyl (C=O) groups is 3. The summed E-state index contributed by atoms with van der Waals surface area (Å²) in [7, 11) is 1.48. The van der Waals surface area contributed by atoms with Crippen molar-refractivity contribution in [3.05, 3.63) is 74.6 Å². The Bertz CT molecular complexity index is 1680. The van der Waals surface area contributed by atoms with Crippen LogP contribution >= 0.6 is 0 Å². The molecule has 2 aromatic carbocycles. The molecule has 2 atom stereocenters. The lowest BCUT2D eigenvalue weighted by molar-refractivity contribution is -0.135. The predicted molar refractivity (Wildman–Crippen MR) is 158 cm³/mol. The average molecular weight is 570 g/mol. The number of benzene rings is 2. The van der Waals surface area contributed by atoms with Gasteiger partial charge in [-0.05, 0) is 74.1 Å². The lowest BCUT2D eigenvalue weighted by Crippen LogP contribution is -2.32. The molecule has 4 heterocycles. The summed E-state index contributed by atoms with van der Waals surface area (Å²) < 4.78 is 19.3. The largest absolute Gasteiger partial charge is 0.495 e. The Morgan fingerprint density at radius 3 is 2.67 bits per heavy atom. The predicted octanol–water partition coefficient (Wildman–Crippen LogP) is 5.88. The minimum atomic E-state index is -0.666. The molecule has 3 aliphatic heterocycles. The Morgan fingerprint density at radius 1 is 1.00 bits per heavy atom. The number of pyridine rings is 1. The molecule has 0 aliphatic carbocycles. The van der Waals surface area contributed by atoms with Gasteiger partial charge in [0.2, 0.25) is 0 Å². The Kier molecular flexibility index (Phi) is 7.71. The molecule has 8 nitrogen and oxygen atoms in total. The third-order valence-corrected chi connectivity index (χ3v) is 8.59. The van der Waals surface area contributed by atoms with E-state index in [2.05, 4.69) is 6.07 Å². The van der Waals surface area contributed by atoms with Gasteiger partial charge in [-0.25, -0.2) is 4.79 Å². The molecule has 0 bridgehead atoms. The first-order valence-corrected chi connectivity index (χ1v) is 14.9. The molecule has 0 saturated heterocycles. The van der Waals surface area contributed by atoms with Crippen LogP contribution in [0.3, 0.4) is 0 Å². The van der Waals surface area contributed by atoms with E-state index in [9.17, 15) is 19.2 Å². The number of aromatic nitrogens is 1. The van der Waals surface area contributed by atoms with Crippen molar-refractivity contribution >= 4 is 34.7 Å². The number of para-hydroxylation sites is 1. The number of rotatable bonds is 2. The maximum Gasteiger partial charge on any atom is 0.342 e. The van der Waals surface area contributed by atoms with E-state index in [0.717, 1.165) is 29.3 Å². The van der Waals surface area contributed by atoms with Crippen molar-refractivity contribution in [2.45, 2.75) is 83.3 Å². The van der Waals surface area contributed by atoms with Gasteiger partial charge in [0.25, 0.3) is 5.56 Å². The van der Waals surface area contributed by atoms with Crippen LogP contribution < -0.4 is 15.0 Å². The third kappa shape index (κ3) is 5.14. The monoisotopic (exact) mass is 569 g/mol. The van der Waals surface area contributed by atoms with Gasteiger partial charge in [-0.2, -0.15) is 0 Å². The van der Waals surface area contributed by atoms with Crippen molar-refractivity contribution in [3.8, 4) is 11.5 Å². The number of ether oxygens (including phenoxy) is 3. The van der Waals surface area contributed by atoms with Crippen molar-refractivity contribution in [2.75, 3.05) is 7.11 Å². The molecular formula is C34H35NO7. The first-order chi connectivity index (χ1) is 20.4. The third-order valence-electron chi connectivity index (χ3n) is 8.59. The number of allylic oxidation sites excluding steroid dienone is 1. The quantitative estimate of drug-likeness (QED) is 0.281. The van der Waals surface area contributed by atoms with Crippen LogP contribution in [0, 0.1) is 0 Å². The summed E-state index contributed by atoms with van der Waals surface area (Å²) in [5.41, 5.74) is 3.64. The molecule has 0 spiro atoms. The highest BCUT2D eigenvalue weighted by Gasteiger charge is 2.38. The molecule has 8 heteroatoms. The van der Waals surface area contributed by atoms with Gasteiger partial charge in [-0.15, -0.1) is 0 Å². The van der Waals surface area contributed by atoms with Crippen LogP contribution in [0.2, 0.25) is 0 Å². The zero-order valence-electron chi connectivity index (χ0n) is 24.1. The summed E-state index contributed by atoms with van der Waals surface area (Å²) in [6.45, 7) is 2.42. The minimum absolute atomic E-state index is 0.0576. The van der Waals surface area contributed by atoms with Crippen LogP contribution in [0.4, 0.5) is 0 Å². The number of fused-ring (bicyclic) bond motifs is 2. The fourth-order valence-corrected chi connectivity index (χ4v) is 6.61. The fraction of sp³-hybridized carbons (Fsp3) is 0.412. The van der Waals surface area contributed by atoms with Crippen molar-refractivity contribution in [2.24, 2.45) is 0 Å². The summed E-state index contributed by atoms with van der Waals surface area (Å²) in [6.07, 6.45) is 8.54. The van der Waals surface area contributed by atoms with E-state index in [1.165, 1.54) is 7.11 Å². The van der Waals surface area contributed by atoms with E-state index >= 15 is 0 Å². The molecule has 0 radical (unpaired) electrons. The van der Waals surface area contributed by atoms with Crippen LogP contribution in [0.25, 0.3) is 17.0 Å². The zero-order chi connectivity index (χ0) is 29.4. The standard InChI is InChI=1S/C34H35NO7/c1-20-9-6-15-24(36)14-5-3-4-10-22-18-27-30(32(40-2)29(22)34(39)41-20)25(19-28(37)42-27)26-17-23-12-7-11-21-13-8-16-35(31(21)23)33(26)38/h4,7,10-12,17-18,20,25H,3,5-6,8-9,13-16,19H2,1-2H3/b10-4+/t20-,25-/m0/s1. The number of aryl methyl sites for hydroxylation is 2. The highest BCUT2D eigenvalue weighted by atomic mass is 16.5. The molecule has 3 aromatic rings. The second-order valence-corrected chi connectivity index (χ2v) is 11.5. The molecule has 3 aliphatic rings. The molecule has 0 amide bonds. The number of carbonyl (C=O) groups excluding carboxylic acids is 3. The van der Waals surface area contributed by atoms with Gasteiger partial charge >= 0.3 is 11.9 Å². The molecule has 218 valence electrons. The molecule has 6 rings (SSSR count). The molecule has 0 N–H and O–H groups in total. The van der Waals surface area contributed by atoms with Crippen LogP contribution in [-0.4, -0.2) is 35.5 Å². The lowest BCUT2D eigenvalue weighted by Gasteiger charge is -2.29. The summed E-state index contributed by atoms with van der Waals surface area (Å²) in [6, 6.07) is 9.58. The van der Waals surface area contributed by atoms with E-state index in [1.807, 2.05) is 35.8 Å². The molecular weight excluding hydrogens is 534 g/mol. The van der Waals surface area contributed by atoms with Gasteiger partial charge < -0.3 is 18.8 Å². The highest BCUT2D eigenvalue weighted by molar-refractivity contribution is 5.99. The Balaban J connectivity index is 1.53. The van der Waals surface area contributed by atoms with E-state index < -0.39 is 24.0 Å². The van der Waals surface area contributed by atoms with Crippen molar-refractivity contribution in [1.82, 2.24) is 4.57 Å². The van der Waals surface area contributed by atoms with Crippen LogP contribution in [0.15, 0.2) is 41.2 Å². The van der Waals surface area contributed by atoms with E-state index in [-0.39, 0.29) is 34.8 Å². The summed E-state index contributed by atoms with van der Waals surface area (Å²) >= 11 is 0. The Hall–Kier alpha value is -4.20. The summed E-state index contributed by atoms with van der Waals surface area (Å²) in [5.74, 6) is -0.961. The Morgan fingerprint density at radius 2 is 1.83 bits per heavy atom. The van der Waals surface area contributed by atoms with Crippen molar-refractivity contribution in [3.63, 3.8) is 0 Å². The van der Waals surface area contributed by atoms with Crippen LogP contribution in [0.1, 0.15) is 96.8 Å². The van der Waals surface area contributed by atoms with Gasteiger partial charge in [0.1, 0.15) is 22.8 Å². The van der Waals surface area contributed by atoms with Gasteiger partial charge in [0.15, 0.2) is 0 Å². The second kappa shape index (κ2) is 11.6. The van der Waals surface area contributed by atoms with Gasteiger partial charge in [0.05, 0.1) is 25.2 Å². The molecule has 42 heavy (non-hydrogen) atoms. The lowest BCUT2D eigenvalue weighted by atomic mass is 9.83. The maximum absolute atomic E-state index is 14.0. The zero-order valence-corrected chi connectivity index (χ0v) is 24.1. The summed E-state index contributed by atoms with van der Waals surface area (Å²) in [5, 5.41) is 0.939. The fourth-order valence-electron chi connectivity index (χ4n) is 6.61. The topological polar surface area (TPSA) is 101 Å². The normalized spacial score (nSPS) is 21.9. The SMILES string of the molecule is COc1c2c(cc3c1[C@H](c1cc4cccc5c4n(c1=O)CCC5)CC(=O)O3)/C=C/CCCC(=O)CCC[C@H](C)OC2=O. The number of Topliss-reactive ketones (excluding diaryl/α,β-unsaturated/α-hetero) is 1. The van der Waals surface area contributed by atoms with Gasteiger partial charge in [-0.3, -0.25) is 14.4 Å². The van der Waals surface area contributed by atoms with E-state index in [4.69, 9.17) is 14.2 Å². The number of methoxy groups -OCH3 is 1. The first-order valence-electron chi connectivity index (χ1n) is 14.9. The summed E-state index contributed by atoms with van der Waals surface area (Å²) in [4.78, 5) is 52.9. The number of ketones is 1. The first kappa shape index (κ1) is 27.9. The number of hydrogen-bond acceptors (Lipinski definition) is 7. The molecule has 0 unspecified atom stereocenters. The van der Waals surface area contributed by atoms with Gasteiger partial charge in [0, 0.05) is 36.4 Å². The second-order valence-electron chi connectivity index (χ2n) is 11.5. The number of hydrogen-bond donors (Lipinski definition) is 0. The number of nitrogens with zero attached hydrogens (tertiary/aromatic N) is 1. The van der Waals surface area contributed by atoms with Crippen LogP contribution in [-0.2, 0) is 27.3 Å². The van der Waals surface area contributed by atoms with E-state index in [1.54, 1.807) is 12.1 Å². The minimum Gasteiger partial charge on any atom is -0.495 e. The molecule has 0 saturated carbocycles.